The summed E-state index contributed by atoms with van der Waals surface area (Å²) < 4.78 is 0. The van der Waals surface area contributed by atoms with Crippen molar-refractivity contribution < 1.29 is 4.84 Å². The number of nitrogens with two attached hydrogens (primary N) is 1. The third-order valence-electron chi connectivity index (χ3n) is 2.10. The van der Waals surface area contributed by atoms with Gasteiger partial charge in [-0.25, -0.2) is 0 Å². The highest BCUT2D eigenvalue weighted by atomic mass is 32.1. The first-order valence-corrected chi connectivity index (χ1v) is 4.93. The molecule has 0 heterocycles. The predicted octanol–water partition coefficient (Wildman–Crippen LogP) is 2.58. The zero-order valence-corrected chi connectivity index (χ0v) is 9.52. The van der Waals surface area contributed by atoms with E-state index in [-0.39, 0.29) is 5.41 Å². The summed E-state index contributed by atoms with van der Waals surface area (Å²) in [5.74, 6) is 5.93. The minimum Gasteiger partial charge on any atom is -0.411 e. The van der Waals surface area contributed by atoms with Gasteiger partial charge in [0.15, 0.2) is 5.75 Å². The van der Waals surface area contributed by atoms with E-state index in [4.69, 9.17) is 23.0 Å². The molecule has 76 valence electrons. The van der Waals surface area contributed by atoms with Crippen LogP contribution in [0.5, 0.6) is 5.75 Å². The summed E-state index contributed by atoms with van der Waals surface area (Å²) >= 11 is 4.89. The van der Waals surface area contributed by atoms with Crippen LogP contribution in [0.3, 0.4) is 0 Å². The second kappa shape index (κ2) is 4.07. The van der Waals surface area contributed by atoms with Gasteiger partial charge in [0.25, 0.3) is 0 Å². The fourth-order valence-corrected chi connectivity index (χ4v) is 1.56. The van der Waals surface area contributed by atoms with Crippen LogP contribution >= 0.6 is 12.2 Å². The van der Waals surface area contributed by atoms with Crippen LogP contribution in [-0.4, -0.2) is 5.37 Å². The van der Waals surface area contributed by atoms with Crippen molar-refractivity contribution in [3.63, 3.8) is 0 Å². The van der Waals surface area contributed by atoms with Gasteiger partial charge < -0.3 is 4.84 Å². The fourth-order valence-electron chi connectivity index (χ4n) is 1.37. The molecule has 14 heavy (non-hydrogen) atoms. The molecule has 0 bridgehead atoms. The zero-order chi connectivity index (χ0) is 10.8. The standard InChI is InChI=1S/C11H15NOS/c1-11(2,3)9-6-4-5-8(7-14)10(9)13-12/h4-7H,12H2,1-3H3. The third kappa shape index (κ3) is 2.11. The van der Waals surface area contributed by atoms with Crippen molar-refractivity contribution in [2.45, 2.75) is 26.2 Å². The van der Waals surface area contributed by atoms with E-state index < -0.39 is 0 Å². The third-order valence-corrected chi connectivity index (χ3v) is 2.35. The maximum atomic E-state index is 5.26. The van der Waals surface area contributed by atoms with Gasteiger partial charge in [-0.05, 0) is 5.41 Å². The molecule has 0 saturated heterocycles. The summed E-state index contributed by atoms with van der Waals surface area (Å²) in [6.07, 6.45) is 0. The Kier molecular flexibility index (Phi) is 3.24. The van der Waals surface area contributed by atoms with Gasteiger partial charge in [0.1, 0.15) is 0 Å². The first-order valence-electron chi connectivity index (χ1n) is 4.46. The number of para-hydroxylation sites is 1. The van der Waals surface area contributed by atoms with Gasteiger partial charge in [-0.1, -0.05) is 51.2 Å². The Hall–Kier alpha value is -0.930. The molecule has 0 aliphatic carbocycles. The van der Waals surface area contributed by atoms with Crippen molar-refractivity contribution in [3.8, 4) is 5.75 Å². The van der Waals surface area contributed by atoms with Crippen LogP contribution in [-0.2, 0) is 5.41 Å². The summed E-state index contributed by atoms with van der Waals surface area (Å²) in [6.45, 7) is 6.33. The smallest absolute Gasteiger partial charge is 0.158 e. The Morgan fingerprint density at radius 3 is 2.43 bits per heavy atom. The quantitative estimate of drug-likeness (QED) is 0.600. The molecular formula is C11H15NOS. The lowest BCUT2D eigenvalue weighted by Crippen LogP contribution is -2.16. The van der Waals surface area contributed by atoms with E-state index in [1.165, 1.54) is 0 Å². The highest BCUT2D eigenvalue weighted by Crippen LogP contribution is 2.32. The van der Waals surface area contributed by atoms with Crippen LogP contribution in [0.25, 0.3) is 0 Å². The molecule has 0 aliphatic rings. The van der Waals surface area contributed by atoms with Gasteiger partial charge >= 0.3 is 0 Å². The summed E-state index contributed by atoms with van der Waals surface area (Å²) in [4.78, 5) is 4.90. The van der Waals surface area contributed by atoms with Crippen LogP contribution in [0.15, 0.2) is 18.2 Å². The monoisotopic (exact) mass is 209 g/mol. The topological polar surface area (TPSA) is 35.2 Å². The van der Waals surface area contributed by atoms with Crippen LogP contribution in [0.2, 0.25) is 0 Å². The van der Waals surface area contributed by atoms with Gasteiger partial charge in [-0.3, -0.25) is 0 Å². The molecule has 0 saturated carbocycles. The Labute approximate surface area is 90.0 Å². The van der Waals surface area contributed by atoms with E-state index in [1.807, 2.05) is 18.2 Å². The molecule has 1 aromatic carbocycles. The molecule has 2 nitrogen and oxygen atoms in total. The van der Waals surface area contributed by atoms with Gasteiger partial charge in [0.2, 0.25) is 0 Å². The van der Waals surface area contributed by atoms with Crippen molar-refractivity contribution in [1.82, 2.24) is 0 Å². The second-order valence-electron chi connectivity index (χ2n) is 4.21. The van der Waals surface area contributed by atoms with Crippen molar-refractivity contribution in [1.29, 1.82) is 0 Å². The first kappa shape index (κ1) is 11.1. The molecule has 0 fully saturated rings. The second-order valence-corrected chi connectivity index (χ2v) is 4.45. The highest BCUT2D eigenvalue weighted by molar-refractivity contribution is 7.79. The normalized spacial score (nSPS) is 11.1. The van der Waals surface area contributed by atoms with Crippen molar-refractivity contribution in [3.05, 3.63) is 29.3 Å². The number of benzene rings is 1. The number of hydrogen-bond donors (Lipinski definition) is 1. The molecular weight excluding hydrogens is 194 g/mol. The van der Waals surface area contributed by atoms with E-state index >= 15 is 0 Å². The zero-order valence-electron chi connectivity index (χ0n) is 8.70. The molecule has 1 aromatic rings. The summed E-state index contributed by atoms with van der Waals surface area (Å²) in [5.41, 5.74) is 1.93. The van der Waals surface area contributed by atoms with Crippen LogP contribution < -0.4 is 10.7 Å². The molecule has 0 amide bonds. The van der Waals surface area contributed by atoms with Gasteiger partial charge in [0.05, 0.1) is 0 Å². The number of thiocarbonyl (C=S) groups is 1. The minimum absolute atomic E-state index is 0.00303. The molecule has 3 heteroatoms. The van der Waals surface area contributed by atoms with Crippen molar-refractivity contribution >= 4 is 17.6 Å². The van der Waals surface area contributed by atoms with E-state index in [9.17, 15) is 0 Å². The molecule has 0 aliphatic heterocycles. The Morgan fingerprint density at radius 1 is 1.36 bits per heavy atom. The highest BCUT2D eigenvalue weighted by Gasteiger charge is 2.20. The maximum Gasteiger partial charge on any atom is 0.158 e. The van der Waals surface area contributed by atoms with Crippen LogP contribution in [0, 0.1) is 0 Å². The van der Waals surface area contributed by atoms with E-state index in [2.05, 4.69) is 20.8 Å². The van der Waals surface area contributed by atoms with E-state index in [0.717, 1.165) is 11.1 Å². The molecule has 0 spiro atoms. The lowest BCUT2D eigenvalue weighted by Gasteiger charge is -2.22. The average Bonchev–Trinajstić information content (AvgIpc) is 2.15. The largest absolute Gasteiger partial charge is 0.411 e. The maximum absolute atomic E-state index is 5.26. The van der Waals surface area contributed by atoms with Gasteiger partial charge in [-0.2, -0.15) is 5.90 Å². The molecule has 0 unspecified atom stereocenters. The summed E-state index contributed by atoms with van der Waals surface area (Å²) in [6, 6.07) is 5.86. The van der Waals surface area contributed by atoms with Gasteiger partial charge in [0, 0.05) is 16.5 Å². The van der Waals surface area contributed by atoms with E-state index in [0.29, 0.717) is 5.75 Å². The Bertz CT molecular complexity index is 342. The summed E-state index contributed by atoms with van der Waals surface area (Å²) in [7, 11) is 0. The van der Waals surface area contributed by atoms with Crippen molar-refractivity contribution in [2.75, 3.05) is 0 Å². The summed E-state index contributed by atoms with van der Waals surface area (Å²) in [5, 5.41) is 1.58. The minimum atomic E-state index is 0.00303. The predicted molar refractivity (Wildman–Crippen MR) is 62.7 cm³/mol. The van der Waals surface area contributed by atoms with Crippen LogP contribution in [0.1, 0.15) is 31.9 Å². The van der Waals surface area contributed by atoms with E-state index in [1.54, 1.807) is 5.37 Å². The lowest BCUT2D eigenvalue weighted by atomic mass is 9.85. The Balaban J connectivity index is 3.36. The molecule has 0 radical (unpaired) electrons. The van der Waals surface area contributed by atoms with Crippen molar-refractivity contribution in [2.24, 2.45) is 5.90 Å². The number of hydrogen-bond acceptors (Lipinski definition) is 3. The lowest BCUT2D eigenvalue weighted by molar-refractivity contribution is 0.323. The molecule has 0 atom stereocenters. The average molecular weight is 209 g/mol. The SMILES string of the molecule is CC(C)(C)c1cccc(C=S)c1ON. The fraction of sp³-hybridized carbons (Fsp3) is 0.364. The molecule has 0 aromatic heterocycles. The van der Waals surface area contributed by atoms with Crippen LogP contribution in [0.4, 0.5) is 0 Å². The first-order chi connectivity index (χ1) is 6.50. The number of rotatable bonds is 2. The Morgan fingerprint density at radius 2 is 2.00 bits per heavy atom. The molecule has 1 rings (SSSR count). The molecule has 2 N–H and O–H groups in total. The van der Waals surface area contributed by atoms with Gasteiger partial charge in [-0.15, -0.1) is 0 Å².